The maximum Gasteiger partial charge on any atom is 0.221 e. The predicted octanol–water partition coefficient (Wildman–Crippen LogP) is 1.15. The second-order valence-electron chi connectivity index (χ2n) is 6.75. The Balaban J connectivity index is 2.56. The third kappa shape index (κ3) is 5.04. The lowest BCUT2D eigenvalue weighted by atomic mass is 9.79. The van der Waals surface area contributed by atoms with Crippen molar-refractivity contribution in [2.75, 3.05) is 0 Å². The molecule has 4 N–H and O–H groups in total. The van der Waals surface area contributed by atoms with Crippen molar-refractivity contribution in [1.29, 1.82) is 0 Å². The molecule has 1 aliphatic rings. The fourth-order valence-corrected chi connectivity index (χ4v) is 3.00. The number of rotatable bonds is 3. The Hall–Kier alpha value is -0.610. The van der Waals surface area contributed by atoms with E-state index in [1.165, 1.54) is 0 Å². The first-order valence-corrected chi connectivity index (χ1v) is 6.44. The molecule has 0 aromatic carbocycles. The molecule has 4 nitrogen and oxygen atoms in total. The van der Waals surface area contributed by atoms with E-state index in [2.05, 4.69) is 38.3 Å². The highest BCUT2D eigenvalue weighted by atomic mass is 16.1. The largest absolute Gasteiger partial charge is 0.353 e. The third-order valence-electron chi connectivity index (χ3n) is 3.06. The van der Waals surface area contributed by atoms with Gasteiger partial charge in [-0.25, -0.2) is 0 Å². The van der Waals surface area contributed by atoms with E-state index in [4.69, 9.17) is 5.73 Å². The van der Waals surface area contributed by atoms with Crippen LogP contribution in [0.3, 0.4) is 0 Å². The molecule has 0 aromatic rings. The van der Waals surface area contributed by atoms with Crippen molar-refractivity contribution in [3.63, 3.8) is 0 Å². The summed E-state index contributed by atoms with van der Waals surface area (Å²) in [6.45, 7) is 10.6. The van der Waals surface area contributed by atoms with Gasteiger partial charge >= 0.3 is 0 Å². The highest BCUT2D eigenvalue weighted by Gasteiger charge is 2.38. The molecule has 0 aliphatic carbocycles. The van der Waals surface area contributed by atoms with E-state index in [0.717, 1.165) is 12.8 Å². The average molecular weight is 241 g/mol. The second-order valence-corrected chi connectivity index (χ2v) is 6.75. The lowest BCUT2D eigenvalue weighted by Crippen LogP contribution is -2.62. The molecule has 0 aromatic heterocycles. The third-order valence-corrected chi connectivity index (χ3v) is 3.06. The molecule has 1 atom stereocenters. The quantitative estimate of drug-likeness (QED) is 0.694. The normalized spacial score (nSPS) is 25.3. The molecule has 0 radical (unpaired) electrons. The Labute approximate surface area is 105 Å². The highest BCUT2D eigenvalue weighted by molar-refractivity contribution is 5.76. The standard InChI is InChI=1S/C13H27N3O/c1-9(14)6-11(17)15-10-7-12(2,3)16-13(4,5)8-10/h9-10,16H,6-8,14H2,1-5H3,(H,15,17). The molecule has 1 heterocycles. The minimum Gasteiger partial charge on any atom is -0.353 e. The van der Waals surface area contributed by atoms with E-state index < -0.39 is 0 Å². The first kappa shape index (κ1) is 14.5. The van der Waals surface area contributed by atoms with Crippen LogP contribution in [-0.2, 0) is 4.79 Å². The molecule has 1 amide bonds. The van der Waals surface area contributed by atoms with Crippen LogP contribution in [0.2, 0.25) is 0 Å². The van der Waals surface area contributed by atoms with Gasteiger partial charge in [-0.3, -0.25) is 4.79 Å². The summed E-state index contributed by atoms with van der Waals surface area (Å²) in [6, 6.07) is 0.172. The lowest BCUT2D eigenvalue weighted by molar-refractivity contribution is -0.122. The number of nitrogens with one attached hydrogen (secondary N) is 2. The van der Waals surface area contributed by atoms with Gasteiger partial charge in [-0.05, 0) is 47.5 Å². The first-order valence-electron chi connectivity index (χ1n) is 6.44. The van der Waals surface area contributed by atoms with Gasteiger partial charge in [0, 0.05) is 29.6 Å². The molecular weight excluding hydrogens is 214 g/mol. The zero-order valence-corrected chi connectivity index (χ0v) is 11.8. The summed E-state index contributed by atoms with van der Waals surface area (Å²) in [7, 11) is 0. The van der Waals surface area contributed by atoms with E-state index >= 15 is 0 Å². The summed E-state index contributed by atoms with van der Waals surface area (Å²) in [4.78, 5) is 11.7. The van der Waals surface area contributed by atoms with Gasteiger partial charge in [0.1, 0.15) is 0 Å². The Morgan fingerprint density at radius 2 is 1.82 bits per heavy atom. The summed E-state index contributed by atoms with van der Waals surface area (Å²) >= 11 is 0. The summed E-state index contributed by atoms with van der Waals surface area (Å²) in [5, 5.41) is 6.70. The van der Waals surface area contributed by atoms with Crippen molar-refractivity contribution >= 4 is 5.91 Å². The maximum absolute atomic E-state index is 11.7. The molecule has 1 fully saturated rings. The van der Waals surface area contributed by atoms with Crippen molar-refractivity contribution in [2.24, 2.45) is 5.73 Å². The second kappa shape index (κ2) is 4.94. The topological polar surface area (TPSA) is 67.2 Å². The van der Waals surface area contributed by atoms with Gasteiger partial charge in [-0.15, -0.1) is 0 Å². The molecule has 4 heteroatoms. The Kier molecular flexibility index (Phi) is 4.20. The molecule has 1 aliphatic heterocycles. The van der Waals surface area contributed by atoms with Gasteiger partial charge in [0.2, 0.25) is 5.91 Å². The molecule has 0 saturated carbocycles. The van der Waals surface area contributed by atoms with Crippen molar-refractivity contribution in [3.05, 3.63) is 0 Å². The molecular formula is C13H27N3O. The number of carbonyl (C=O) groups is 1. The van der Waals surface area contributed by atoms with Crippen molar-refractivity contribution in [1.82, 2.24) is 10.6 Å². The number of carbonyl (C=O) groups excluding carboxylic acids is 1. The Morgan fingerprint density at radius 1 is 1.35 bits per heavy atom. The summed E-state index contributed by atoms with van der Waals surface area (Å²) in [5.74, 6) is 0.0681. The summed E-state index contributed by atoms with van der Waals surface area (Å²) in [6.07, 6.45) is 2.33. The van der Waals surface area contributed by atoms with E-state index in [1.807, 2.05) is 6.92 Å². The molecule has 1 rings (SSSR count). The van der Waals surface area contributed by atoms with Crippen LogP contribution in [0.1, 0.15) is 53.9 Å². The Bertz CT molecular complexity index is 268. The summed E-state index contributed by atoms with van der Waals surface area (Å²) in [5.41, 5.74) is 5.76. The van der Waals surface area contributed by atoms with E-state index in [1.54, 1.807) is 0 Å². The highest BCUT2D eigenvalue weighted by Crippen LogP contribution is 2.28. The van der Waals surface area contributed by atoms with E-state index in [-0.39, 0.29) is 29.1 Å². The maximum atomic E-state index is 11.7. The molecule has 100 valence electrons. The molecule has 0 spiro atoms. The van der Waals surface area contributed by atoms with Gasteiger partial charge in [0.25, 0.3) is 0 Å². The minimum atomic E-state index is -0.0715. The first-order chi connectivity index (χ1) is 7.60. The monoisotopic (exact) mass is 241 g/mol. The van der Waals surface area contributed by atoms with Gasteiger partial charge in [0.05, 0.1) is 0 Å². The molecule has 17 heavy (non-hydrogen) atoms. The van der Waals surface area contributed by atoms with Crippen LogP contribution in [0.4, 0.5) is 0 Å². The zero-order chi connectivity index (χ0) is 13.3. The number of piperidine rings is 1. The van der Waals surface area contributed by atoms with Crippen LogP contribution in [0, 0.1) is 0 Å². The predicted molar refractivity (Wildman–Crippen MR) is 70.7 cm³/mol. The van der Waals surface area contributed by atoms with Gasteiger partial charge in [-0.2, -0.15) is 0 Å². The lowest BCUT2D eigenvalue weighted by Gasteiger charge is -2.46. The van der Waals surface area contributed by atoms with Gasteiger partial charge < -0.3 is 16.4 Å². The van der Waals surface area contributed by atoms with E-state index in [9.17, 15) is 4.79 Å². The fraction of sp³-hybridized carbons (Fsp3) is 0.923. The van der Waals surface area contributed by atoms with Crippen molar-refractivity contribution < 1.29 is 4.79 Å². The van der Waals surface area contributed by atoms with Crippen molar-refractivity contribution in [2.45, 2.75) is 77.0 Å². The van der Waals surface area contributed by atoms with Crippen LogP contribution in [0.5, 0.6) is 0 Å². The smallest absolute Gasteiger partial charge is 0.221 e. The van der Waals surface area contributed by atoms with Gasteiger partial charge in [0.15, 0.2) is 0 Å². The SMILES string of the molecule is CC(N)CC(=O)NC1CC(C)(C)NC(C)(C)C1. The molecule has 1 saturated heterocycles. The molecule has 0 bridgehead atoms. The van der Waals surface area contributed by atoms with Crippen LogP contribution in [-0.4, -0.2) is 29.1 Å². The Morgan fingerprint density at radius 3 is 2.24 bits per heavy atom. The van der Waals surface area contributed by atoms with Crippen LogP contribution in [0.15, 0.2) is 0 Å². The number of amides is 1. The minimum absolute atomic E-state index is 0.0635. The van der Waals surface area contributed by atoms with Crippen LogP contribution >= 0.6 is 0 Å². The average Bonchev–Trinajstić information content (AvgIpc) is 1.93. The number of hydrogen-bond acceptors (Lipinski definition) is 3. The zero-order valence-electron chi connectivity index (χ0n) is 11.8. The molecule has 1 unspecified atom stereocenters. The summed E-state index contributed by atoms with van der Waals surface area (Å²) < 4.78 is 0. The van der Waals surface area contributed by atoms with Crippen LogP contribution < -0.4 is 16.4 Å². The van der Waals surface area contributed by atoms with E-state index in [0.29, 0.717) is 6.42 Å². The number of nitrogens with two attached hydrogens (primary N) is 1. The van der Waals surface area contributed by atoms with Gasteiger partial charge in [-0.1, -0.05) is 0 Å². The van der Waals surface area contributed by atoms with Crippen molar-refractivity contribution in [3.8, 4) is 0 Å². The fourth-order valence-electron chi connectivity index (χ4n) is 3.00. The number of hydrogen-bond donors (Lipinski definition) is 3. The van der Waals surface area contributed by atoms with Crippen LogP contribution in [0.25, 0.3) is 0 Å².